The lowest BCUT2D eigenvalue weighted by atomic mass is 10.1. The number of pyridine rings is 2. The van der Waals surface area contributed by atoms with Crippen molar-refractivity contribution in [1.29, 1.82) is 0 Å². The molecule has 0 fully saturated rings. The molecule has 3 aromatic heterocycles. The zero-order chi connectivity index (χ0) is 21.4. The van der Waals surface area contributed by atoms with E-state index in [2.05, 4.69) is 34.0 Å². The van der Waals surface area contributed by atoms with Gasteiger partial charge in [0.05, 0.1) is 21.9 Å². The molecule has 0 atom stereocenters. The summed E-state index contributed by atoms with van der Waals surface area (Å²) >= 11 is 5.86. The maximum Gasteiger partial charge on any atom is 0.258 e. The van der Waals surface area contributed by atoms with E-state index in [9.17, 15) is 4.79 Å². The van der Waals surface area contributed by atoms with E-state index in [0.29, 0.717) is 10.8 Å². The van der Waals surface area contributed by atoms with E-state index in [1.54, 1.807) is 35.2 Å². The summed E-state index contributed by atoms with van der Waals surface area (Å²) in [6.07, 6.45) is 5.53. The lowest BCUT2D eigenvalue weighted by molar-refractivity contribution is 0.300. The quantitative estimate of drug-likeness (QED) is 0.479. The van der Waals surface area contributed by atoms with Crippen LogP contribution in [-0.4, -0.2) is 20.7 Å². The number of nitrogens with one attached hydrogen (secondary N) is 1. The van der Waals surface area contributed by atoms with Crippen molar-refractivity contribution in [3.05, 3.63) is 87.2 Å². The fourth-order valence-electron chi connectivity index (χ4n) is 4.23. The number of hydrogen-bond acceptors (Lipinski definition) is 4. The van der Waals surface area contributed by atoms with Gasteiger partial charge in [0.25, 0.3) is 5.56 Å². The first-order valence-corrected chi connectivity index (χ1v) is 10.8. The minimum absolute atomic E-state index is 0. The first-order valence-electron chi connectivity index (χ1n) is 10.4. The van der Waals surface area contributed by atoms with Crippen LogP contribution in [0.3, 0.4) is 0 Å². The zero-order valence-electron chi connectivity index (χ0n) is 17.7. The van der Waals surface area contributed by atoms with Crippen LogP contribution in [-0.2, 0) is 26.6 Å². The number of benzene rings is 1. The van der Waals surface area contributed by atoms with Crippen molar-refractivity contribution in [2.45, 2.75) is 26.0 Å². The third kappa shape index (κ3) is 4.26. The summed E-state index contributed by atoms with van der Waals surface area (Å²) in [5.74, 6) is 0.510. The fourth-order valence-corrected chi connectivity index (χ4v) is 4.34. The molecule has 0 radical (unpaired) electrons. The van der Waals surface area contributed by atoms with E-state index in [-0.39, 0.29) is 24.6 Å². The molecule has 4 aromatic rings. The summed E-state index contributed by atoms with van der Waals surface area (Å²) in [7, 11) is 2.11. The Morgan fingerprint density at radius 2 is 2.06 bits per heavy atom. The minimum atomic E-state index is -0.140. The molecule has 4 heterocycles. The van der Waals surface area contributed by atoms with E-state index in [0.717, 1.165) is 42.8 Å². The number of aromatic nitrogens is 3. The molecule has 8 heteroatoms. The lowest BCUT2D eigenvalue weighted by Crippen LogP contribution is -2.17. The van der Waals surface area contributed by atoms with Crippen LogP contribution in [0.5, 0.6) is 5.75 Å². The Hall–Kier alpha value is -2.80. The van der Waals surface area contributed by atoms with Crippen molar-refractivity contribution in [2.75, 3.05) is 6.54 Å². The fraction of sp³-hybridized carbons (Fsp3) is 0.250. The average molecular weight is 471 g/mol. The highest BCUT2D eigenvalue weighted by Gasteiger charge is 2.17. The predicted molar refractivity (Wildman–Crippen MR) is 129 cm³/mol. The lowest BCUT2D eigenvalue weighted by Gasteiger charge is -2.10. The van der Waals surface area contributed by atoms with Gasteiger partial charge >= 0.3 is 0 Å². The molecule has 5 rings (SSSR count). The number of rotatable bonds is 4. The van der Waals surface area contributed by atoms with E-state index >= 15 is 0 Å². The molecule has 0 unspecified atom stereocenters. The molecule has 1 N–H and O–H groups in total. The van der Waals surface area contributed by atoms with Crippen LogP contribution >= 0.6 is 24.0 Å². The van der Waals surface area contributed by atoms with Gasteiger partial charge in [-0.3, -0.25) is 14.3 Å². The van der Waals surface area contributed by atoms with Crippen molar-refractivity contribution in [3.8, 4) is 11.4 Å². The number of ether oxygens (including phenoxy) is 1. The molecule has 0 saturated carbocycles. The molecule has 0 aliphatic carbocycles. The van der Waals surface area contributed by atoms with Gasteiger partial charge in [0.2, 0.25) is 0 Å². The summed E-state index contributed by atoms with van der Waals surface area (Å²) in [4.78, 5) is 17.0. The van der Waals surface area contributed by atoms with E-state index < -0.39 is 0 Å². The highest BCUT2D eigenvalue weighted by Crippen LogP contribution is 2.29. The molecule has 1 aliphatic rings. The second-order valence-electron chi connectivity index (χ2n) is 7.79. The first-order chi connectivity index (χ1) is 15.1. The molecule has 1 aromatic carbocycles. The summed E-state index contributed by atoms with van der Waals surface area (Å²) in [5.41, 5.74) is 5.34. The maximum absolute atomic E-state index is 12.8. The van der Waals surface area contributed by atoms with Gasteiger partial charge in [-0.1, -0.05) is 17.7 Å². The number of nitrogens with zero attached hydrogens (tertiary/aromatic N) is 3. The Morgan fingerprint density at radius 1 is 1.19 bits per heavy atom. The van der Waals surface area contributed by atoms with Crippen LogP contribution in [0.4, 0.5) is 0 Å². The smallest absolute Gasteiger partial charge is 0.258 e. The van der Waals surface area contributed by atoms with Gasteiger partial charge in [-0.15, -0.1) is 12.4 Å². The van der Waals surface area contributed by atoms with Crippen molar-refractivity contribution in [1.82, 2.24) is 19.4 Å². The molecule has 0 bridgehead atoms. The summed E-state index contributed by atoms with van der Waals surface area (Å²) < 4.78 is 9.64. The number of hydrogen-bond donors (Lipinski definition) is 1. The molecule has 0 saturated heterocycles. The molecular weight excluding hydrogens is 447 g/mol. The Balaban J connectivity index is 0.00000245. The van der Waals surface area contributed by atoms with Crippen molar-refractivity contribution >= 4 is 34.9 Å². The van der Waals surface area contributed by atoms with Crippen molar-refractivity contribution in [2.24, 2.45) is 7.05 Å². The maximum atomic E-state index is 12.8. The minimum Gasteiger partial charge on any atom is -0.487 e. The predicted octanol–water partition coefficient (Wildman–Crippen LogP) is 4.41. The normalized spacial score (nSPS) is 13.3. The van der Waals surface area contributed by atoms with Gasteiger partial charge in [-0.25, -0.2) is 0 Å². The van der Waals surface area contributed by atoms with Gasteiger partial charge in [-0.05, 0) is 55.3 Å². The van der Waals surface area contributed by atoms with Crippen LogP contribution in [0.15, 0.2) is 59.7 Å². The van der Waals surface area contributed by atoms with Gasteiger partial charge in [0, 0.05) is 43.1 Å². The second-order valence-corrected chi connectivity index (χ2v) is 8.23. The van der Waals surface area contributed by atoms with Gasteiger partial charge in [0.1, 0.15) is 12.4 Å². The van der Waals surface area contributed by atoms with Crippen molar-refractivity contribution < 1.29 is 4.74 Å². The summed E-state index contributed by atoms with van der Waals surface area (Å²) in [6, 6.07) is 13.1. The largest absolute Gasteiger partial charge is 0.487 e. The molecular formula is C24H24Cl2N4O2. The van der Waals surface area contributed by atoms with Crippen LogP contribution in [0.25, 0.3) is 16.6 Å². The Morgan fingerprint density at radius 3 is 2.84 bits per heavy atom. The molecule has 1 aliphatic heterocycles. The Bertz CT molecular complexity index is 1310. The third-order valence-corrected chi connectivity index (χ3v) is 6.06. The van der Waals surface area contributed by atoms with E-state index in [1.165, 1.54) is 22.7 Å². The van der Waals surface area contributed by atoms with Gasteiger partial charge in [0.15, 0.2) is 0 Å². The van der Waals surface area contributed by atoms with E-state index in [1.807, 2.05) is 6.07 Å². The first kappa shape index (κ1) is 22.4. The average Bonchev–Trinajstić information content (AvgIpc) is 2.93. The standard InChI is InChI=1S/C24H23ClN4O2.ClH/c1-28-22-3-2-9-26-14-21(22)20-7-6-18(11-23(20)28)29-10-8-19(12-24(29)30)31-15-17-5-4-16(25)13-27-17;/h4-8,10-13,26H,2-3,9,14-15H2,1H3;1H. The van der Waals surface area contributed by atoms with Crippen molar-refractivity contribution in [3.63, 3.8) is 0 Å². The van der Waals surface area contributed by atoms with Crippen LogP contribution in [0, 0.1) is 0 Å². The molecule has 0 spiro atoms. The molecule has 32 heavy (non-hydrogen) atoms. The number of aryl methyl sites for hydroxylation is 1. The third-order valence-electron chi connectivity index (χ3n) is 5.83. The summed E-state index contributed by atoms with van der Waals surface area (Å²) in [6.45, 7) is 2.21. The molecule has 0 amide bonds. The number of fused-ring (bicyclic) bond motifs is 3. The molecule has 166 valence electrons. The van der Waals surface area contributed by atoms with Crippen LogP contribution in [0.2, 0.25) is 5.02 Å². The van der Waals surface area contributed by atoms with Crippen LogP contribution in [0.1, 0.15) is 23.4 Å². The monoisotopic (exact) mass is 470 g/mol. The molecule has 6 nitrogen and oxygen atoms in total. The second kappa shape index (κ2) is 9.36. The zero-order valence-corrected chi connectivity index (χ0v) is 19.2. The van der Waals surface area contributed by atoms with Crippen LogP contribution < -0.4 is 15.6 Å². The number of halogens is 2. The van der Waals surface area contributed by atoms with Gasteiger partial charge in [-0.2, -0.15) is 0 Å². The highest BCUT2D eigenvalue weighted by atomic mass is 35.5. The van der Waals surface area contributed by atoms with E-state index in [4.69, 9.17) is 16.3 Å². The highest BCUT2D eigenvalue weighted by molar-refractivity contribution is 6.30. The summed E-state index contributed by atoms with van der Waals surface area (Å²) in [5, 5.41) is 5.33. The topological polar surface area (TPSA) is 61.1 Å². The van der Waals surface area contributed by atoms with Gasteiger partial charge < -0.3 is 14.6 Å². The SMILES string of the molecule is Cl.Cn1c2c(c3ccc(-n4ccc(OCc5ccc(Cl)cn5)cc4=O)cc31)CNCCC2. The Kier molecular flexibility index (Phi) is 6.55. The Labute approximate surface area is 197 Å².